The van der Waals surface area contributed by atoms with Gasteiger partial charge in [0, 0.05) is 19.1 Å². The summed E-state index contributed by atoms with van der Waals surface area (Å²) in [6.45, 7) is 1.89. The number of nitrogens with one attached hydrogen (secondary N) is 1. The fourth-order valence-corrected chi connectivity index (χ4v) is 2.14. The molecule has 1 aromatic rings. The maximum Gasteiger partial charge on any atom is 0.433 e. The Hall–Kier alpha value is -2.40. The highest BCUT2D eigenvalue weighted by molar-refractivity contribution is 5.91. The summed E-state index contributed by atoms with van der Waals surface area (Å²) < 4.78 is 4.84. The van der Waals surface area contributed by atoms with Gasteiger partial charge in [0.25, 0.3) is 5.91 Å². The molecule has 0 unspecified atom stereocenters. The maximum atomic E-state index is 11.9. The Morgan fingerprint density at radius 2 is 2.25 bits per heavy atom. The first-order chi connectivity index (χ1) is 9.60. The highest BCUT2D eigenvalue weighted by atomic mass is 16.6. The van der Waals surface area contributed by atoms with E-state index in [-0.39, 0.29) is 11.8 Å². The summed E-state index contributed by atoms with van der Waals surface area (Å²) in [6, 6.07) is 4.54. The Balaban J connectivity index is 1.86. The van der Waals surface area contributed by atoms with Crippen molar-refractivity contribution in [3.05, 3.63) is 28.0 Å². The Morgan fingerprint density at radius 1 is 1.55 bits per heavy atom. The molecule has 106 valence electrons. The standard InChI is InChI=1S/C12H14N4O4/c13-5-8-15-6-3-9(4-7-15)14-12(17)10-1-2-11(20-10)16(18)19/h1-2,9H,3-4,6-8H2,(H,14,17). The van der Waals surface area contributed by atoms with Crippen molar-refractivity contribution in [2.75, 3.05) is 19.6 Å². The molecule has 0 radical (unpaired) electrons. The molecule has 1 saturated heterocycles. The van der Waals surface area contributed by atoms with Crippen molar-refractivity contribution < 1.29 is 14.1 Å². The third-order valence-corrected chi connectivity index (χ3v) is 3.21. The van der Waals surface area contributed by atoms with Crippen LogP contribution in [0.5, 0.6) is 0 Å². The van der Waals surface area contributed by atoms with Gasteiger partial charge in [-0.15, -0.1) is 0 Å². The lowest BCUT2D eigenvalue weighted by molar-refractivity contribution is -0.402. The molecular formula is C12H14N4O4. The summed E-state index contributed by atoms with van der Waals surface area (Å²) in [6.07, 6.45) is 1.49. The molecule has 0 saturated carbocycles. The summed E-state index contributed by atoms with van der Waals surface area (Å²) in [4.78, 5) is 23.7. The van der Waals surface area contributed by atoms with Crippen molar-refractivity contribution in [2.24, 2.45) is 0 Å². The molecule has 0 spiro atoms. The van der Waals surface area contributed by atoms with Crippen LogP contribution in [-0.2, 0) is 0 Å². The Labute approximate surface area is 115 Å². The first kappa shape index (κ1) is 14.0. The van der Waals surface area contributed by atoms with Gasteiger partial charge >= 0.3 is 5.88 Å². The molecule has 1 N–H and O–H groups in total. The number of nitriles is 1. The molecule has 0 atom stereocenters. The van der Waals surface area contributed by atoms with Gasteiger partial charge in [0.2, 0.25) is 0 Å². The molecule has 1 aromatic heterocycles. The van der Waals surface area contributed by atoms with Crippen LogP contribution in [0, 0.1) is 21.4 Å². The second kappa shape index (κ2) is 6.16. The van der Waals surface area contributed by atoms with E-state index in [0.29, 0.717) is 6.54 Å². The minimum Gasteiger partial charge on any atom is -0.395 e. The molecule has 8 heteroatoms. The second-order valence-corrected chi connectivity index (χ2v) is 4.58. The van der Waals surface area contributed by atoms with Gasteiger partial charge in [0.05, 0.1) is 18.7 Å². The highest BCUT2D eigenvalue weighted by Crippen LogP contribution is 2.16. The molecule has 1 aliphatic heterocycles. The van der Waals surface area contributed by atoms with E-state index >= 15 is 0 Å². The number of furan rings is 1. The Bertz CT molecular complexity index is 540. The number of nitro groups is 1. The molecule has 0 aliphatic carbocycles. The SMILES string of the molecule is N#CCN1CCC(NC(=O)c2ccc([N+](=O)[O-])o2)CC1. The fourth-order valence-electron chi connectivity index (χ4n) is 2.14. The molecule has 1 amide bonds. The summed E-state index contributed by atoms with van der Waals surface area (Å²) in [5.41, 5.74) is 0. The van der Waals surface area contributed by atoms with E-state index in [1.807, 2.05) is 4.90 Å². The lowest BCUT2D eigenvalue weighted by Gasteiger charge is -2.30. The predicted molar refractivity (Wildman–Crippen MR) is 67.9 cm³/mol. The zero-order chi connectivity index (χ0) is 14.5. The van der Waals surface area contributed by atoms with E-state index in [9.17, 15) is 14.9 Å². The second-order valence-electron chi connectivity index (χ2n) is 4.58. The van der Waals surface area contributed by atoms with Crippen molar-refractivity contribution in [1.29, 1.82) is 5.26 Å². The van der Waals surface area contributed by atoms with Crippen molar-refractivity contribution in [3.63, 3.8) is 0 Å². The number of hydrogen-bond donors (Lipinski definition) is 1. The fraction of sp³-hybridized carbons (Fsp3) is 0.500. The van der Waals surface area contributed by atoms with Crippen molar-refractivity contribution in [3.8, 4) is 6.07 Å². The van der Waals surface area contributed by atoms with Crippen LogP contribution in [-0.4, -0.2) is 41.4 Å². The molecule has 2 heterocycles. The van der Waals surface area contributed by atoms with E-state index < -0.39 is 16.7 Å². The molecule has 1 fully saturated rings. The van der Waals surface area contributed by atoms with Crippen molar-refractivity contribution in [1.82, 2.24) is 10.2 Å². The zero-order valence-corrected chi connectivity index (χ0v) is 10.7. The van der Waals surface area contributed by atoms with Gasteiger partial charge in [0.15, 0.2) is 5.76 Å². The molecule has 0 bridgehead atoms. The normalized spacial score (nSPS) is 16.6. The van der Waals surface area contributed by atoms with Crippen LogP contribution >= 0.6 is 0 Å². The van der Waals surface area contributed by atoms with E-state index in [0.717, 1.165) is 32.0 Å². The van der Waals surface area contributed by atoms with Crippen LogP contribution in [0.15, 0.2) is 16.5 Å². The van der Waals surface area contributed by atoms with Crippen LogP contribution in [0.1, 0.15) is 23.4 Å². The predicted octanol–water partition coefficient (Wildman–Crippen LogP) is 0.906. The minimum atomic E-state index is -0.683. The summed E-state index contributed by atoms with van der Waals surface area (Å²) in [5.74, 6) is -0.952. The van der Waals surface area contributed by atoms with Gasteiger partial charge in [-0.25, -0.2) is 0 Å². The van der Waals surface area contributed by atoms with Gasteiger partial charge in [-0.1, -0.05) is 0 Å². The zero-order valence-electron chi connectivity index (χ0n) is 10.7. The van der Waals surface area contributed by atoms with Gasteiger partial charge in [-0.2, -0.15) is 5.26 Å². The van der Waals surface area contributed by atoms with Crippen LogP contribution < -0.4 is 5.32 Å². The van der Waals surface area contributed by atoms with Crippen molar-refractivity contribution >= 4 is 11.8 Å². The number of amides is 1. The van der Waals surface area contributed by atoms with E-state index in [2.05, 4.69) is 11.4 Å². The number of rotatable bonds is 4. The number of hydrogen-bond acceptors (Lipinski definition) is 6. The maximum absolute atomic E-state index is 11.9. The first-order valence-electron chi connectivity index (χ1n) is 6.24. The topological polar surface area (TPSA) is 112 Å². The Kier molecular flexibility index (Phi) is 4.32. The highest BCUT2D eigenvalue weighted by Gasteiger charge is 2.23. The minimum absolute atomic E-state index is 0.00148. The van der Waals surface area contributed by atoms with Gasteiger partial charge < -0.3 is 9.73 Å². The smallest absolute Gasteiger partial charge is 0.395 e. The first-order valence-corrected chi connectivity index (χ1v) is 6.24. The summed E-state index contributed by atoms with van der Waals surface area (Å²) >= 11 is 0. The van der Waals surface area contributed by atoms with E-state index in [1.165, 1.54) is 6.07 Å². The third kappa shape index (κ3) is 3.33. The summed E-state index contributed by atoms with van der Waals surface area (Å²) in [7, 11) is 0. The van der Waals surface area contributed by atoms with Crippen LogP contribution in [0.3, 0.4) is 0 Å². The molecule has 0 aromatic carbocycles. The number of likely N-dealkylation sites (tertiary alicyclic amines) is 1. The quantitative estimate of drug-likeness (QED) is 0.497. The lowest BCUT2D eigenvalue weighted by atomic mass is 10.1. The van der Waals surface area contributed by atoms with Crippen LogP contribution in [0.25, 0.3) is 0 Å². The number of piperidine rings is 1. The van der Waals surface area contributed by atoms with Gasteiger partial charge in [-0.3, -0.25) is 19.8 Å². The molecule has 2 rings (SSSR count). The third-order valence-electron chi connectivity index (χ3n) is 3.21. The summed E-state index contributed by atoms with van der Waals surface area (Å²) in [5, 5.41) is 21.9. The monoisotopic (exact) mass is 278 g/mol. The largest absolute Gasteiger partial charge is 0.433 e. The number of carbonyl (C=O) groups is 1. The van der Waals surface area contributed by atoms with Crippen molar-refractivity contribution in [2.45, 2.75) is 18.9 Å². The van der Waals surface area contributed by atoms with Crippen LogP contribution in [0.4, 0.5) is 5.88 Å². The molecule has 1 aliphatic rings. The van der Waals surface area contributed by atoms with E-state index in [1.54, 1.807) is 0 Å². The average Bonchev–Trinajstić information content (AvgIpc) is 2.91. The molecule has 20 heavy (non-hydrogen) atoms. The van der Waals surface area contributed by atoms with Crippen LogP contribution in [0.2, 0.25) is 0 Å². The number of carbonyl (C=O) groups excluding carboxylic acids is 1. The lowest BCUT2D eigenvalue weighted by Crippen LogP contribution is -2.44. The number of nitrogens with zero attached hydrogens (tertiary/aromatic N) is 3. The molecule has 8 nitrogen and oxygen atoms in total. The van der Waals surface area contributed by atoms with Gasteiger partial charge in [0.1, 0.15) is 4.92 Å². The average molecular weight is 278 g/mol. The van der Waals surface area contributed by atoms with Gasteiger partial charge in [-0.05, 0) is 18.9 Å². The Morgan fingerprint density at radius 3 is 2.80 bits per heavy atom. The van der Waals surface area contributed by atoms with E-state index in [4.69, 9.17) is 9.68 Å². The molecular weight excluding hydrogens is 264 g/mol.